The first kappa shape index (κ1) is 15.5. The third kappa shape index (κ3) is 3.62. The largest absolute Gasteiger partial charge is 0.497 e. The maximum atomic E-state index is 11.4. The lowest BCUT2D eigenvalue weighted by molar-refractivity contribution is 0.414. The molecule has 0 aliphatic carbocycles. The molecule has 5 heteroatoms. The number of benzene rings is 2. The van der Waals surface area contributed by atoms with Crippen LogP contribution in [0.15, 0.2) is 41.3 Å². The summed E-state index contributed by atoms with van der Waals surface area (Å²) in [6.45, 7) is 3.38. The van der Waals surface area contributed by atoms with E-state index in [-0.39, 0.29) is 4.90 Å². The first-order valence-corrected chi connectivity index (χ1v) is 7.96. The number of ether oxygens (including phenoxy) is 1. The maximum absolute atomic E-state index is 11.4. The van der Waals surface area contributed by atoms with E-state index in [1.807, 2.05) is 24.3 Å². The van der Waals surface area contributed by atoms with E-state index < -0.39 is 10.1 Å². The molecule has 2 aromatic rings. The van der Waals surface area contributed by atoms with Crippen molar-refractivity contribution in [3.63, 3.8) is 0 Å². The molecule has 4 nitrogen and oxygen atoms in total. The van der Waals surface area contributed by atoms with E-state index >= 15 is 0 Å². The van der Waals surface area contributed by atoms with E-state index in [2.05, 4.69) is 0 Å². The van der Waals surface area contributed by atoms with Gasteiger partial charge in [0.2, 0.25) is 0 Å². The molecule has 0 heterocycles. The molecule has 2 rings (SSSR count). The summed E-state index contributed by atoms with van der Waals surface area (Å²) in [5.41, 5.74) is 3.22. The molecule has 112 valence electrons. The summed E-state index contributed by atoms with van der Waals surface area (Å²) in [6.07, 6.45) is 0.692. The number of hydrogen-bond donors (Lipinski definition) is 1. The van der Waals surface area contributed by atoms with Gasteiger partial charge in [0.25, 0.3) is 10.1 Å². The Hall–Kier alpha value is -1.85. The molecule has 1 N–H and O–H groups in total. The van der Waals surface area contributed by atoms with Crippen LogP contribution < -0.4 is 4.74 Å². The molecule has 0 saturated carbocycles. The van der Waals surface area contributed by atoms with Crippen molar-refractivity contribution in [1.82, 2.24) is 0 Å². The lowest BCUT2D eigenvalue weighted by Crippen LogP contribution is -2.05. The van der Waals surface area contributed by atoms with Crippen LogP contribution in [-0.2, 0) is 16.5 Å². The average molecular weight is 306 g/mol. The summed E-state index contributed by atoms with van der Waals surface area (Å²) in [4.78, 5) is 0.000908. The number of hydrogen-bond acceptors (Lipinski definition) is 3. The zero-order valence-corrected chi connectivity index (χ0v) is 13.1. The van der Waals surface area contributed by atoms with Gasteiger partial charge in [-0.05, 0) is 54.7 Å². The van der Waals surface area contributed by atoms with Crippen molar-refractivity contribution in [3.05, 3.63) is 58.7 Å². The van der Waals surface area contributed by atoms with Crippen LogP contribution in [0.5, 0.6) is 5.75 Å². The molecule has 0 fully saturated rings. The summed E-state index contributed by atoms with van der Waals surface area (Å²) < 4.78 is 37.1. The summed E-state index contributed by atoms with van der Waals surface area (Å²) in [5.74, 6) is 0.799. The Morgan fingerprint density at radius 2 is 1.52 bits per heavy atom. The topological polar surface area (TPSA) is 63.6 Å². The van der Waals surface area contributed by atoms with Crippen molar-refractivity contribution in [2.75, 3.05) is 7.11 Å². The molecule has 0 aliphatic rings. The van der Waals surface area contributed by atoms with Gasteiger partial charge in [0.1, 0.15) is 5.75 Å². The predicted molar refractivity (Wildman–Crippen MR) is 81.5 cm³/mol. The fourth-order valence-electron chi connectivity index (χ4n) is 2.53. The average Bonchev–Trinajstić information content (AvgIpc) is 2.37. The van der Waals surface area contributed by atoms with Gasteiger partial charge in [-0.1, -0.05) is 24.3 Å². The molecule has 0 saturated heterocycles. The molecule has 0 aromatic heterocycles. The molecule has 0 aliphatic heterocycles. The molecule has 0 unspecified atom stereocenters. The summed E-state index contributed by atoms with van der Waals surface area (Å²) >= 11 is 0. The van der Waals surface area contributed by atoms with E-state index in [0.717, 1.165) is 16.9 Å². The molecule has 21 heavy (non-hydrogen) atoms. The van der Waals surface area contributed by atoms with E-state index in [4.69, 9.17) is 4.74 Å². The van der Waals surface area contributed by atoms with Crippen LogP contribution in [0.4, 0.5) is 0 Å². The van der Waals surface area contributed by atoms with Crippen molar-refractivity contribution >= 4 is 10.1 Å². The smallest absolute Gasteiger partial charge is 0.295 e. The van der Waals surface area contributed by atoms with Crippen LogP contribution >= 0.6 is 0 Å². The molecule has 0 bridgehead atoms. The second-order valence-electron chi connectivity index (χ2n) is 5.06. The van der Waals surface area contributed by atoms with Gasteiger partial charge in [-0.2, -0.15) is 8.42 Å². The SMILES string of the molecule is COc1ccc(Cc2cc(C)c(S(=O)(=O)O)c(C)c2)cc1. The minimum atomic E-state index is -4.18. The highest BCUT2D eigenvalue weighted by Gasteiger charge is 2.17. The monoisotopic (exact) mass is 306 g/mol. The first-order chi connectivity index (χ1) is 9.81. The molecule has 0 atom stereocenters. The highest BCUT2D eigenvalue weighted by atomic mass is 32.2. The van der Waals surface area contributed by atoms with Crippen LogP contribution in [0.2, 0.25) is 0 Å². The molecular formula is C16H18O4S. The van der Waals surface area contributed by atoms with Gasteiger partial charge in [0.05, 0.1) is 12.0 Å². The maximum Gasteiger partial charge on any atom is 0.295 e. The first-order valence-electron chi connectivity index (χ1n) is 6.52. The summed E-state index contributed by atoms with van der Waals surface area (Å²) in [5, 5.41) is 0. The van der Waals surface area contributed by atoms with Crippen molar-refractivity contribution in [2.24, 2.45) is 0 Å². The normalized spacial score (nSPS) is 11.4. The fourth-order valence-corrected chi connectivity index (χ4v) is 3.46. The van der Waals surface area contributed by atoms with Gasteiger partial charge in [-0.3, -0.25) is 4.55 Å². The van der Waals surface area contributed by atoms with Crippen molar-refractivity contribution in [3.8, 4) is 5.75 Å². The molecule has 2 aromatic carbocycles. The molecular weight excluding hydrogens is 288 g/mol. The number of methoxy groups -OCH3 is 1. The van der Waals surface area contributed by atoms with Crippen LogP contribution in [-0.4, -0.2) is 20.1 Å². The minimum absolute atomic E-state index is 0.000908. The minimum Gasteiger partial charge on any atom is -0.497 e. The van der Waals surface area contributed by atoms with Gasteiger partial charge in [-0.15, -0.1) is 0 Å². The van der Waals surface area contributed by atoms with Crippen LogP contribution in [0, 0.1) is 13.8 Å². The Morgan fingerprint density at radius 1 is 1.00 bits per heavy atom. The quantitative estimate of drug-likeness (QED) is 0.881. The Balaban J connectivity index is 2.33. The summed E-state index contributed by atoms with van der Waals surface area (Å²) in [6, 6.07) is 11.3. The fraction of sp³-hybridized carbons (Fsp3) is 0.250. The molecule has 0 radical (unpaired) electrons. The van der Waals surface area contributed by atoms with Gasteiger partial charge in [0, 0.05) is 0 Å². The Bertz CT molecular complexity index is 723. The van der Waals surface area contributed by atoms with Crippen LogP contribution in [0.1, 0.15) is 22.3 Å². The Labute approximate surface area is 125 Å². The lowest BCUT2D eigenvalue weighted by Gasteiger charge is -2.10. The predicted octanol–water partition coefficient (Wildman–Crippen LogP) is 3.15. The van der Waals surface area contributed by atoms with Gasteiger partial charge in [-0.25, -0.2) is 0 Å². The van der Waals surface area contributed by atoms with Crippen LogP contribution in [0.25, 0.3) is 0 Å². The zero-order chi connectivity index (χ0) is 15.6. The Kier molecular flexibility index (Phi) is 4.34. The van der Waals surface area contributed by atoms with Crippen molar-refractivity contribution in [1.29, 1.82) is 0 Å². The van der Waals surface area contributed by atoms with Crippen molar-refractivity contribution in [2.45, 2.75) is 25.2 Å². The van der Waals surface area contributed by atoms with Gasteiger partial charge >= 0.3 is 0 Å². The summed E-state index contributed by atoms with van der Waals surface area (Å²) in [7, 11) is -2.56. The molecule has 0 spiro atoms. The zero-order valence-electron chi connectivity index (χ0n) is 12.3. The molecule has 0 amide bonds. The van der Waals surface area contributed by atoms with E-state index in [1.165, 1.54) is 0 Å². The second kappa shape index (κ2) is 5.87. The van der Waals surface area contributed by atoms with Gasteiger partial charge in [0.15, 0.2) is 0 Å². The third-order valence-corrected chi connectivity index (χ3v) is 4.51. The van der Waals surface area contributed by atoms with E-state index in [1.54, 1.807) is 33.1 Å². The lowest BCUT2D eigenvalue weighted by atomic mass is 10.0. The number of aryl methyl sites for hydroxylation is 2. The van der Waals surface area contributed by atoms with Crippen molar-refractivity contribution < 1.29 is 17.7 Å². The third-order valence-electron chi connectivity index (χ3n) is 3.35. The van der Waals surface area contributed by atoms with E-state index in [9.17, 15) is 13.0 Å². The number of rotatable bonds is 4. The van der Waals surface area contributed by atoms with Crippen LogP contribution in [0.3, 0.4) is 0 Å². The highest BCUT2D eigenvalue weighted by Crippen LogP contribution is 2.23. The standard InChI is InChI=1S/C16H18O4S/c1-11-8-14(9-12(2)16(11)21(17,18)19)10-13-4-6-15(20-3)7-5-13/h4-9H,10H2,1-3H3,(H,17,18,19). The highest BCUT2D eigenvalue weighted by molar-refractivity contribution is 7.86. The Morgan fingerprint density at radius 3 is 1.95 bits per heavy atom. The second-order valence-corrected chi connectivity index (χ2v) is 6.42. The van der Waals surface area contributed by atoms with E-state index in [0.29, 0.717) is 17.5 Å². The van der Waals surface area contributed by atoms with Gasteiger partial charge < -0.3 is 4.74 Å².